The van der Waals surface area contributed by atoms with Crippen molar-refractivity contribution in [3.63, 3.8) is 0 Å². The van der Waals surface area contributed by atoms with Gasteiger partial charge in [0.1, 0.15) is 11.5 Å². The van der Waals surface area contributed by atoms with Crippen LogP contribution in [0.4, 0.5) is 19.0 Å². The normalized spacial score (nSPS) is 15.1. The van der Waals surface area contributed by atoms with Crippen molar-refractivity contribution in [3.05, 3.63) is 76.2 Å². The van der Waals surface area contributed by atoms with Crippen LogP contribution in [0, 0.1) is 11.3 Å². The van der Waals surface area contributed by atoms with Gasteiger partial charge in [0.2, 0.25) is 0 Å². The van der Waals surface area contributed by atoms with E-state index >= 15 is 0 Å². The molecule has 37 heavy (non-hydrogen) atoms. The molecule has 0 atom stereocenters. The SMILES string of the molecule is N#Cc1cccc(CN2CCN(CCNc3ncc(-c4ccsc4)c4nc(C(F)(F)F)ccc34)CC2)c1. The van der Waals surface area contributed by atoms with E-state index in [0.29, 0.717) is 34.4 Å². The smallest absolute Gasteiger partial charge is 0.368 e. The molecule has 1 fully saturated rings. The second-order valence-corrected chi connectivity index (χ2v) is 9.76. The molecule has 10 heteroatoms. The Hall–Kier alpha value is -3.52. The highest BCUT2D eigenvalue weighted by atomic mass is 32.1. The Morgan fingerprint density at radius 3 is 2.59 bits per heavy atom. The minimum Gasteiger partial charge on any atom is -0.368 e. The summed E-state index contributed by atoms with van der Waals surface area (Å²) in [5.41, 5.74) is 2.59. The first-order valence-corrected chi connectivity index (χ1v) is 12.9. The standard InChI is InChI=1S/C27H25F3N6S/c28-27(29,30)24-5-4-22-25(34-24)23(21-6-13-37-18-21)16-33-26(22)32-7-8-35-9-11-36(12-10-35)17-20-3-1-2-19(14-20)15-31/h1-6,13-14,16,18H,7-12,17H2,(H,32,33). The van der Waals surface area contributed by atoms with Gasteiger partial charge in [0.05, 0.1) is 17.1 Å². The lowest BCUT2D eigenvalue weighted by atomic mass is 10.1. The summed E-state index contributed by atoms with van der Waals surface area (Å²) in [6.07, 6.45) is -2.92. The summed E-state index contributed by atoms with van der Waals surface area (Å²) in [6.45, 7) is 5.92. The zero-order valence-electron chi connectivity index (χ0n) is 20.0. The summed E-state index contributed by atoms with van der Waals surface area (Å²) < 4.78 is 40.1. The molecule has 6 nitrogen and oxygen atoms in total. The molecule has 0 amide bonds. The number of piperazine rings is 1. The topological polar surface area (TPSA) is 68.1 Å². The number of anilines is 1. The number of thiophene rings is 1. The molecule has 1 saturated heterocycles. The van der Waals surface area contributed by atoms with Gasteiger partial charge in [0.15, 0.2) is 0 Å². The number of alkyl halides is 3. The number of nitrogens with zero attached hydrogens (tertiary/aromatic N) is 5. The van der Waals surface area contributed by atoms with Crippen LogP contribution in [-0.2, 0) is 12.7 Å². The molecule has 4 aromatic rings. The van der Waals surface area contributed by atoms with Crippen molar-refractivity contribution in [1.29, 1.82) is 5.26 Å². The van der Waals surface area contributed by atoms with Crippen LogP contribution in [0.1, 0.15) is 16.8 Å². The number of nitrogens with one attached hydrogen (secondary N) is 1. The van der Waals surface area contributed by atoms with Crippen LogP contribution < -0.4 is 5.32 Å². The fourth-order valence-corrected chi connectivity index (χ4v) is 5.20. The molecule has 190 valence electrons. The van der Waals surface area contributed by atoms with Gasteiger partial charge < -0.3 is 5.32 Å². The average molecular weight is 523 g/mol. The molecule has 0 spiro atoms. The molecule has 4 heterocycles. The second kappa shape index (κ2) is 10.8. The highest BCUT2D eigenvalue weighted by Gasteiger charge is 2.33. The van der Waals surface area contributed by atoms with Crippen molar-refractivity contribution < 1.29 is 13.2 Å². The summed E-state index contributed by atoms with van der Waals surface area (Å²) in [6, 6.07) is 14.2. The number of hydrogen-bond acceptors (Lipinski definition) is 7. The minimum absolute atomic E-state index is 0.291. The lowest BCUT2D eigenvalue weighted by molar-refractivity contribution is -0.140. The largest absolute Gasteiger partial charge is 0.433 e. The van der Waals surface area contributed by atoms with Crippen molar-refractivity contribution in [2.24, 2.45) is 0 Å². The van der Waals surface area contributed by atoms with Crippen molar-refractivity contribution in [2.75, 3.05) is 44.6 Å². The Balaban J connectivity index is 1.22. The number of rotatable bonds is 7. The van der Waals surface area contributed by atoms with E-state index in [2.05, 4.69) is 31.2 Å². The van der Waals surface area contributed by atoms with Crippen molar-refractivity contribution in [1.82, 2.24) is 19.8 Å². The molecule has 0 unspecified atom stereocenters. The molecule has 0 saturated carbocycles. The third-order valence-corrected chi connectivity index (χ3v) is 7.18. The van der Waals surface area contributed by atoms with Crippen molar-refractivity contribution in [2.45, 2.75) is 12.7 Å². The Kier molecular flexibility index (Phi) is 7.37. The first kappa shape index (κ1) is 25.1. The van der Waals surface area contributed by atoms with Crippen LogP contribution in [0.2, 0.25) is 0 Å². The summed E-state index contributed by atoms with van der Waals surface area (Å²) in [7, 11) is 0. The number of aromatic nitrogens is 2. The number of halogens is 3. The van der Waals surface area contributed by atoms with Gasteiger partial charge in [-0.2, -0.15) is 29.8 Å². The summed E-state index contributed by atoms with van der Waals surface area (Å²) in [5.74, 6) is 0.534. The molecule has 1 aliphatic heterocycles. The average Bonchev–Trinajstić information content (AvgIpc) is 3.44. The summed E-state index contributed by atoms with van der Waals surface area (Å²) >= 11 is 1.47. The molecule has 1 aliphatic rings. The van der Waals surface area contributed by atoms with Gasteiger partial charge >= 0.3 is 6.18 Å². The van der Waals surface area contributed by atoms with Gasteiger partial charge in [-0.15, -0.1) is 0 Å². The van der Waals surface area contributed by atoms with Gasteiger partial charge in [-0.1, -0.05) is 12.1 Å². The van der Waals surface area contributed by atoms with E-state index in [1.54, 1.807) is 6.20 Å². The lowest BCUT2D eigenvalue weighted by Gasteiger charge is -2.34. The Bertz CT molecular complexity index is 1410. The van der Waals surface area contributed by atoms with E-state index in [1.165, 1.54) is 17.4 Å². The van der Waals surface area contributed by atoms with E-state index in [4.69, 9.17) is 5.26 Å². The Morgan fingerprint density at radius 2 is 1.86 bits per heavy atom. The fourth-order valence-electron chi connectivity index (χ4n) is 4.54. The Morgan fingerprint density at radius 1 is 1.05 bits per heavy atom. The fraction of sp³-hybridized carbons (Fsp3) is 0.296. The molecule has 0 radical (unpaired) electrons. The predicted octanol–water partition coefficient (Wildman–Crippen LogP) is 5.48. The first-order valence-electron chi connectivity index (χ1n) is 12.0. The van der Waals surface area contributed by atoms with Crippen LogP contribution in [0.3, 0.4) is 0 Å². The maximum Gasteiger partial charge on any atom is 0.433 e. The van der Waals surface area contributed by atoms with Crippen LogP contribution in [0.5, 0.6) is 0 Å². The van der Waals surface area contributed by atoms with Gasteiger partial charge in [-0.25, -0.2) is 9.97 Å². The lowest BCUT2D eigenvalue weighted by Crippen LogP contribution is -2.47. The number of fused-ring (bicyclic) bond motifs is 1. The zero-order chi connectivity index (χ0) is 25.8. The molecule has 1 N–H and O–H groups in total. The van der Waals surface area contributed by atoms with Gasteiger partial charge in [-0.3, -0.25) is 9.80 Å². The third kappa shape index (κ3) is 5.91. The van der Waals surface area contributed by atoms with Crippen LogP contribution in [0.25, 0.3) is 22.0 Å². The van der Waals surface area contributed by atoms with Crippen LogP contribution in [-0.4, -0.2) is 59.0 Å². The highest BCUT2D eigenvalue weighted by molar-refractivity contribution is 7.08. The van der Waals surface area contributed by atoms with Crippen molar-refractivity contribution >= 4 is 28.1 Å². The molecule has 0 bridgehead atoms. The zero-order valence-corrected chi connectivity index (χ0v) is 20.8. The number of hydrogen-bond donors (Lipinski definition) is 1. The summed E-state index contributed by atoms with van der Waals surface area (Å²) in [5, 5.41) is 16.7. The number of nitriles is 1. The summed E-state index contributed by atoms with van der Waals surface area (Å²) in [4.78, 5) is 13.2. The van der Waals surface area contributed by atoms with Crippen LogP contribution in [0.15, 0.2) is 59.4 Å². The van der Waals surface area contributed by atoms with E-state index in [1.807, 2.05) is 41.1 Å². The van der Waals surface area contributed by atoms with Gasteiger partial charge in [0.25, 0.3) is 0 Å². The number of pyridine rings is 2. The molecule has 1 aromatic carbocycles. The van der Waals surface area contributed by atoms with Gasteiger partial charge in [0, 0.05) is 63.0 Å². The molecular weight excluding hydrogens is 497 g/mol. The first-order chi connectivity index (χ1) is 17.9. The monoisotopic (exact) mass is 522 g/mol. The van der Waals surface area contributed by atoms with E-state index in [-0.39, 0.29) is 0 Å². The van der Waals surface area contributed by atoms with E-state index < -0.39 is 11.9 Å². The van der Waals surface area contributed by atoms with Gasteiger partial charge in [-0.05, 0) is 52.2 Å². The third-order valence-electron chi connectivity index (χ3n) is 6.50. The van der Waals surface area contributed by atoms with Crippen molar-refractivity contribution in [3.8, 4) is 17.2 Å². The Labute approximate surface area is 217 Å². The molecular formula is C27H25F3N6S. The molecule has 3 aromatic heterocycles. The number of benzene rings is 1. The van der Waals surface area contributed by atoms with Crippen LogP contribution >= 0.6 is 11.3 Å². The molecule has 5 rings (SSSR count). The minimum atomic E-state index is -4.52. The predicted molar refractivity (Wildman–Crippen MR) is 139 cm³/mol. The van der Waals surface area contributed by atoms with E-state index in [9.17, 15) is 13.2 Å². The second-order valence-electron chi connectivity index (χ2n) is 8.98. The quantitative estimate of drug-likeness (QED) is 0.347. The highest BCUT2D eigenvalue weighted by Crippen LogP contribution is 2.35. The maximum absolute atomic E-state index is 13.4. The maximum atomic E-state index is 13.4. The van der Waals surface area contributed by atoms with E-state index in [0.717, 1.165) is 56.5 Å². The molecule has 0 aliphatic carbocycles.